The molecule has 4 aromatic rings. The number of nitrogens with zero attached hydrogens (tertiary/aromatic N) is 4. The molecule has 2 aromatic heterocycles. The molecule has 3 heterocycles. The van der Waals surface area contributed by atoms with Crippen molar-refractivity contribution in [3.05, 3.63) is 75.3 Å². The molecule has 0 radical (unpaired) electrons. The zero-order valence-corrected chi connectivity index (χ0v) is 18.7. The van der Waals surface area contributed by atoms with Crippen LogP contribution in [0.1, 0.15) is 16.7 Å². The van der Waals surface area contributed by atoms with Crippen LogP contribution < -0.4 is 5.56 Å². The maximum absolute atomic E-state index is 14.6. The number of hydrogen-bond donors (Lipinski definition) is 1. The van der Waals surface area contributed by atoms with Crippen molar-refractivity contribution in [1.29, 1.82) is 0 Å². The van der Waals surface area contributed by atoms with Gasteiger partial charge in [-0.25, -0.2) is 4.39 Å². The van der Waals surface area contributed by atoms with Gasteiger partial charge in [-0.15, -0.1) is 0 Å². The predicted octanol–water partition coefficient (Wildman–Crippen LogP) is 0.0920. The summed E-state index contributed by atoms with van der Waals surface area (Å²) in [6.07, 6.45) is 1.01. The van der Waals surface area contributed by atoms with E-state index < -0.39 is 11.4 Å². The van der Waals surface area contributed by atoms with E-state index >= 15 is 0 Å². The fraction of sp³-hybridized carbons (Fsp3) is 0.227. The summed E-state index contributed by atoms with van der Waals surface area (Å²) in [5.74, 6) is -0.486. The van der Waals surface area contributed by atoms with Crippen molar-refractivity contribution in [3.8, 4) is 16.9 Å². The Bertz CT molecular complexity index is 1390. The van der Waals surface area contributed by atoms with Gasteiger partial charge in [-0.2, -0.15) is 14.9 Å². The van der Waals surface area contributed by atoms with Gasteiger partial charge in [-0.1, -0.05) is 29.5 Å². The minimum absolute atomic E-state index is 0.0992. The maximum Gasteiger partial charge on any atom is 0.273 e. The normalized spacial score (nSPS) is 14.6. The summed E-state index contributed by atoms with van der Waals surface area (Å²) in [6, 6.07) is 12.5. The number of aryl methyl sites for hydroxylation is 1. The van der Waals surface area contributed by atoms with Gasteiger partial charge in [0.05, 0.1) is 5.52 Å². The van der Waals surface area contributed by atoms with Crippen LogP contribution >= 0.6 is 0 Å². The highest BCUT2D eigenvalue weighted by Crippen LogP contribution is 2.30. The summed E-state index contributed by atoms with van der Waals surface area (Å²) in [5, 5.41) is 12.0. The molecule has 0 aliphatic carbocycles. The van der Waals surface area contributed by atoms with E-state index in [4.69, 9.17) is 0 Å². The van der Waals surface area contributed by atoms with Crippen molar-refractivity contribution in [1.82, 2.24) is 24.9 Å². The first kappa shape index (κ1) is 20.8. The number of aromatic amines is 1. The van der Waals surface area contributed by atoms with Crippen molar-refractivity contribution < 1.29 is 4.39 Å². The molecule has 0 fully saturated rings. The highest BCUT2D eigenvalue weighted by molar-refractivity contribution is 6.59. The largest absolute Gasteiger partial charge is 0.316 e. The molecule has 1 aliphatic rings. The van der Waals surface area contributed by atoms with Crippen molar-refractivity contribution in [2.45, 2.75) is 25.1 Å². The zero-order chi connectivity index (χ0) is 22.6. The molecule has 0 atom stereocenters. The minimum atomic E-state index is -0.486. The molecule has 5 rings (SSSR count). The lowest BCUT2D eigenvalue weighted by molar-refractivity contribution is 0.253. The van der Waals surface area contributed by atoms with E-state index in [1.807, 2.05) is 6.07 Å². The number of fused-ring (bicyclic) bond motifs is 2. The van der Waals surface area contributed by atoms with Gasteiger partial charge in [0.2, 0.25) is 0 Å². The summed E-state index contributed by atoms with van der Waals surface area (Å²) in [4.78, 5) is 15.2. The topological polar surface area (TPSA) is 66.8 Å². The quantitative estimate of drug-likeness (QED) is 0.473. The van der Waals surface area contributed by atoms with Gasteiger partial charge in [0.15, 0.2) is 0 Å². The first-order chi connectivity index (χ1) is 15.2. The molecular formula is C22H23B3FN5O. The summed E-state index contributed by atoms with van der Waals surface area (Å²) in [5.41, 5.74) is 5.66. The fourth-order valence-electron chi connectivity index (χ4n) is 4.42. The SMILES string of the molecule is BC(B)(B)N1CCc2ccc(-c3n[nH]c4cc(=O)n(-c5c(C)cccc5F)nc34)cc2C1. The molecule has 1 N–H and O–H groups in total. The van der Waals surface area contributed by atoms with Crippen LogP contribution in [0.4, 0.5) is 4.39 Å². The smallest absolute Gasteiger partial charge is 0.273 e. The van der Waals surface area contributed by atoms with Crippen molar-refractivity contribution >= 4 is 34.6 Å². The second kappa shape index (κ2) is 7.48. The van der Waals surface area contributed by atoms with Crippen LogP contribution in [-0.4, -0.2) is 60.2 Å². The highest BCUT2D eigenvalue weighted by Gasteiger charge is 2.26. The third kappa shape index (κ3) is 3.48. The van der Waals surface area contributed by atoms with Crippen LogP contribution in [0.5, 0.6) is 0 Å². The Morgan fingerprint density at radius 1 is 1.12 bits per heavy atom. The summed E-state index contributed by atoms with van der Waals surface area (Å²) < 4.78 is 15.7. The summed E-state index contributed by atoms with van der Waals surface area (Å²) in [7, 11) is 6.70. The Hall–Kier alpha value is -3.13. The van der Waals surface area contributed by atoms with Crippen molar-refractivity contribution in [3.63, 3.8) is 0 Å². The number of halogens is 1. The van der Waals surface area contributed by atoms with Crippen LogP contribution in [0.3, 0.4) is 0 Å². The minimum Gasteiger partial charge on any atom is -0.316 e. The van der Waals surface area contributed by atoms with Crippen molar-refractivity contribution in [2.75, 3.05) is 6.54 Å². The average molecular weight is 425 g/mol. The number of benzene rings is 2. The Balaban J connectivity index is 1.63. The van der Waals surface area contributed by atoms with E-state index in [9.17, 15) is 9.18 Å². The second-order valence-electron chi connectivity index (χ2n) is 9.46. The number of hydrogen-bond acceptors (Lipinski definition) is 4. The van der Waals surface area contributed by atoms with E-state index in [1.54, 1.807) is 19.1 Å². The van der Waals surface area contributed by atoms with Crippen LogP contribution in [0, 0.1) is 12.7 Å². The van der Waals surface area contributed by atoms with Crippen LogP contribution in [0.25, 0.3) is 28.0 Å². The molecule has 0 spiro atoms. The number of aromatic nitrogens is 4. The first-order valence-electron chi connectivity index (χ1n) is 10.8. The fourth-order valence-corrected chi connectivity index (χ4v) is 4.42. The number of H-pyrrole nitrogens is 1. The van der Waals surface area contributed by atoms with E-state index in [-0.39, 0.29) is 10.9 Å². The molecular weight excluding hydrogens is 402 g/mol. The van der Waals surface area contributed by atoms with Gasteiger partial charge < -0.3 is 4.90 Å². The van der Waals surface area contributed by atoms with E-state index in [2.05, 4.69) is 55.9 Å². The Morgan fingerprint density at radius 3 is 2.69 bits per heavy atom. The lowest BCUT2D eigenvalue weighted by Gasteiger charge is -2.39. The van der Waals surface area contributed by atoms with E-state index in [1.165, 1.54) is 23.3 Å². The van der Waals surface area contributed by atoms with E-state index in [0.29, 0.717) is 22.3 Å². The van der Waals surface area contributed by atoms with Gasteiger partial charge >= 0.3 is 0 Å². The van der Waals surface area contributed by atoms with Crippen LogP contribution in [0.15, 0.2) is 47.3 Å². The second-order valence-corrected chi connectivity index (χ2v) is 9.46. The molecule has 158 valence electrons. The van der Waals surface area contributed by atoms with Gasteiger partial charge in [0, 0.05) is 24.7 Å². The monoisotopic (exact) mass is 425 g/mol. The van der Waals surface area contributed by atoms with Gasteiger partial charge in [0.1, 0.15) is 46.3 Å². The lowest BCUT2D eigenvalue weighted by Crippen LogP contribution is -2.52. The number of rotatable bonds is 3. The molecule has 0 saturated heterocycles. The van der Waals surface area contributed by atoms with Crippen LogP contribution in [-0.2, 0) is 13.0 Å². The number of para-hydroxylation sites is 1. The summed E-state index contributed by atoms with van der Waals surface area (Å²) in [6.45, 7) is 3.68. The Labute approximate surface area is 188 Å². The third-order valence-electron chi connectivity index (χ3n) is 6.29. The molecule has 0 amide bonds. The average Bonchev–Trinajstić information content (AvgIpc) is 3.15. The summed E-state index contributed by atoms with van der Waals surface area (Å²) >= 11 is 0. The van der Waals surface area contributed by atoms with Gasteiger partial charge in [-0.05, 0) is 42.2 Å². The standard InChI is InChI=1S/C22H23B3FN5O/c1-12-3-2-4-16(26)21(12)31-18(32)10-17-20(29-31)19(28-27-17)14-6-5-13-7-8-30(22(23,24)25)11-15(13)9-14/h2-6,9-10,27H,7-8,11,23-25H2,1H3. The number of nitrogens with one attached hydrogen (secondary N) is 1. The third-order valence-corrected chi connectivity index (χ3v) is 6.29. The molecule has 2 aromatic carbocycles. The zero-order valence-electron chi connectivity index (χ0n) is 18.7. The van der Waals surface area contributed by atoms with Gasteiger partial charge in [-0.3, -0.25) is 9.89 Å². The molecule has 32 heavy (non-hydrogen) atoms. The molecule has 0 saturated carbocycles. The molecule has 1 aliphatic heterocycles. The van der Waals surface area contributed by atoms with E-state index in [0.717, 1.165) is 29.8 Å². The molecule has 0 unspecified atom stereocenters. The predicted molar refractivity (Wildman–Crippen MR) is 132 cm³/mol. The highest BCUT2D eigenvalue weighted by atomic mass is 19.1. The maximum atomic E-state index is 14.6. The molecule has 6 nitrogen and oxygen atoms in total. The lowest BCUT2D eigenvalue weighted by atomic mass is 9.48. The Morgan fingerprint density at radius 2 is 1.94 bits per heavy atom. The van der Waals surface area contributed by atoms with Crippen molar-refractivity contribution in [2.24, 2.45) is 0 Å². The molecule has 10 heteroatoms. The van der Waals surface area contributed by atoms with Crippen LogP contribution in [0.2, 0.25) is 0 Å². The first-order valence-corrected chi connectivity index (χ1v) is 10.8. The van der Waals surface area contributed by atoms with Gasteiger partial charge in [0.25, 0.3) is 5.56 Å². The molecule has 0 bridgehead atoms. The Kier molecular flexibility index (Phi) is 4.85.